The molecule has 0 spiro atoms. The van der Waals surface area contributed by atoms with Gasteiger partial charge in [-0.3, -0.25) is 4.63 Å². The first-order valence-corrected chi connectivity index (χ1v) is 4.39. The van der Waals surface area contributed by atoms with E-state index in [4.69, 9.17) is 0 Å². The van der Waals surface area contributed by atoms with Gasteiger partial charge in [0.25, 0.3) is 4.60 Å². The number of nitrogens with zero attached hydrogens (tertiary/aromatic N) is 2. The van der Waals surface area contributed by atoms with Crippen molar-refractivity contribution in [1.82, 2.24) is 5.16 Å². The minimum Gasteiger partial charge on any atom is -0.359 e. The Hall–Kier alpha value is -1.36. The van der Waals surface area contributed by atoms with E-state index in [1.54, 1.807) is 0 Å². The molecule has 66 valence electrons. The molecule has 0 atom stereocenters. The van der Waals surface area contributed by atoms with Crippen LogP contribution in [0.2, 0.25) is 0 Å². The molecule has 2 rings (SSSR count). The van der Waals surface area contributed by atoms with Crippen LogP contribution in [0.1, 0.15) is 0 Å². The summed E-state index contributed by atoms with van der Waals surface area (Å²) in [6.45, 7) is 0. The van der Waals surface area contributed by atoms with E-state index in [0.717, 1.165) is 5.56 Å². The van der Waals surface area contributed by atoms with Gasteiger partial charge in [0.2, 0.25) is 5.69 Å². The quantitative estimate of drug-likeness (QED) is 0.714. The second kappa shape index (κ2) is 3.18. The van der Waals surface area contributed by atoms with Gasteiger partial charge in [-0.2, -0.15) is 0 Å². The molecule has 0 aliphatic heterocycles. The highest BCUT2D eigenvalue weighted by atomic mass is 79.9. The molecular weight excluding hydrogens is 236 g/mol. The number of benzene rings is 1. The lowest BCUT2D eigenvalue weighted by atomic mass is 10.2. The Kier molecular flexibility index (Phi) is 2.02. The summed E-state index contributed by atoms with van der Waals surface area (Å²) in [5, 5.41) is 14.6. The topological polar surface area (TPSA) is 53.0 Å². The third kappa shape index (κ3) is 1.42. The van der Waals surface area contributed by atoms with Crippen molar-refractivity contribution in [2.75, 3.05) is 0 Å². The van der Waals surface area contributed by atoms with Gasteiger partial charge in [-0.1, -0.05) is 30.3 Å². The van der Waals surface area contributed by atoms with Crippen molar-refractivity contribution in [3.8, 4) is 11.3 Å². The normalized spacial score (nSPS) is 10.2. The first-order valence-electron chi connectivity index (χ1n) is 3.59. The Morgan fingerprint density at radius 2 is 2.00 bits per heavy atom. The van der Waals surface area contributed by atoms with Crippen LogP contribution in [0.3, 0.4) is 0 Å². The van der Waals surface area contributed by atoms with Crippen LogP contribution in [0.5, 0.6) is 0 Å². The maximum absolute atomic E-state index is 11.1. The zero-order valence-corrected chi connectivity index (χ0v) is 8.06. The Morgan fingerprint density at radius 1 is 1.31 bits per heavy atom. The summed E-state index contributed by atoms with van der Waals surface area (Å²) in [6.07, 6.45) is 0. The molecular formula is C8H5BrN2O2. The summed E-state index contributed by atoms with van der Waals surface area (Å²) < 4.78 is 4.82. The molecule has 0 fully saturated rings. The zero-order chi connectivity index (χ0) is 9.26. The molecule has 0 bridgehead atoms. The van der Waals surface area contributed by atoms with Crippen LogP contribution in [-0.2, 0) is 0 Å². The van der Waals surface area contributed by atoms with Crippen molar-refractivity contribution >= 4 is 15.9 Å². The van der Waals surface area contributed by atoms with Gasteiger partial charge >= 0.3 is 0 Å². The lowest BCUT2D eigenvalue weighted by Crippen LogP contribution is -2.25. The molecule has 0 aliphatic carbocycles. The van der Waals surface area contributed by atoms with E-state index in [-0.39, 0.29) is 0 Å². The number of hydrogen-bond donors (Lipinski definition) is 0. The highest BCUT2D eigenvalue weighted by molar-refractivity contribution is 9.10. The Morgan fingerprint density at radius 3 is 2.54 bits per heavy atom. The van der Waals surface area contributed by atoms with E-state index < -0.39 is 0 Å². The molecule has 5 heteroatoms. The summed E-state index contributed by atoms with van der Waals surface area (Å²) in [5.41, 5.74) is 1.16. The summed E-state index contributed by atoms with van der Waals surface area (Å²) in [6, 6.07) is 9.18. The minimum atomic E-state index is 0.374. The van der Waals surface area contributed by atoms with E-state index in [9.17, 15) is 5.21 Å². The second-order valence-corrected chi connectivity index (χ2v) is 3.19. The fourth-order valence-corrected chi connectivity index (χ4v) is 1.49. The van der Waals surface area contributed by atoms with Crippen LogP contribution in [0.15, 0.2) is 39.6 Å². The fourth-order valence-electron chi connectivity index (χ4n) is 1.05. The molecule has 4 nitrogen and oxygen atoms in total. The highest BCUT2D eigenvalue weighted by Gasteiger charge is 2.17. The molecule has 0 aliphatic rings. The van der Waals surface area contributed by atoms with Crippen molar-refractivity contribution in [1.29, 1.82) is 0 Å². The van der Waals surface area contributed by atoms with Gasteiger partial charge in [0, 0.05) is 21.5 Å². The van der Waals surface area contributed by atoms with Crippen LogP contribution in [-0.4, -0.2) is 5.16 Å². The number of hydrogen-bond acceptors (Lipinski definition) is 3. The zero-order valence-electron chi connectivity index (χ0n) is 6.48. The van der Waals surface area contributed by atoms with Crippen molar-refractivity contribution in [3.63, 3.8) is 0 Å². The molecule has 1 heterocycles. The van der Waals surface area contributed by atoms with Gasteiger partial charge in [0.05, 0.1) is 5.16 Å². The number of rotatable bonds is 1. The number of aromatic nitrogens is 2. The lowest BCUT2D eigenvalue weighted by Gasteiger charge is -1.94. The third-order valence-corrected chi connectivity index (χ3v) is 2.14. The maximum atomic E-state index is 11.1. The minimum absolute atomic E-state index is 0.374. The van der Waals surface area contributed by atoms with Gasteiger partial charge in [0.1, 0.15) is 0 Å². The van der Waals surface area contributed by atoms with Gasteiger partial charge in [0.15, 0.2) is 0 Å². The molecule has 0 saturated heterocycles. The van der Waals surface area contributed by atoms with Crippen LogP contribution in [0, 0.1) is 5.21 Å². The third-order valence-electron chi connectivity index (χ3n) is 1.62. The van der Waals surface area contributed by atoms with Crippen molar-refractivity contribution in [2.24, 2.45) is 0 Å². The molecule has 13 heavy (non-hydrogen) atoms. The van der Waals surface area contributed by atoms with Gasteiger partial charge in [-0.25, -0.2) is 0 Å². The molecule has 0 amide bonds. The average molecular weight is 241 g/mol. The van der Waals surface area contributed by atoms with Crippen LogP contribution < -0.4 is 4.90 Å². The van der Waals surface area contributed by atoms with Crippen LogP contribution >= 0.6 is 15.9 Å². The monoisotopic (exact) mass is 240 g/mol. The Balaban J connectivity index is 2.59. The smallest absolute Gasteiger partial charge is 0.290 e. The second-order valence-electron chi connectivity index (χ2n) is 2.44. The van der Waals surface area contributed by atoms with Gasteiger partial charge < -0.3 is 5.21 Å². The van der Waals surface area contributed by atoms with Gasteiger partial charge in [-0.15, -0.1) is 0 Å². The Bertz CT molecular complexity index is 394. The molecule has 0 N–H and O–H groups in total. The standard InChI is InChI=1S/C8H5BrN2O2/c9-8-7(11(12)13-10-8)6-4-2-1-3-5-6/h1-5H. The molecule has 2 aromatic rings. The van der Waals surface area contributed by atoms with Crippen molar-refractivity contribution in [3.05, 3.63) is 40.1 Å². The van der Waals surface area contributed by atoms with E-state index in [0.29, 0.717) is 15.2 Å². The highest BCUT2D eigenvalue weighted by Crippen LogP contribution is 2.22. The van der Waals surface area contributed by atoms with E-state index in [1.165, 1.54) is 0 Å². The van der Waals surface area contributed by atoms with Crippen molar-refractivity contribution < 1.29 is 9.53 Å². The predicted octanol–water partition coefficient (Wildman–Crippen LogP) is 1.74. The molecule has 0 radical (unpaired) electrons. The Labute approximate surface area is 82.5 Å². The van der Waals surface area contributed by atoms with Crippen LogP contribution in [0.25, 0.3) is 11.3 Å². The SMILES string of the molecule is [O-][n+]1onc(Br)c1-c1ccccc1. The van der Waals surface area contributed by atoms with E-state index >= 15 is 0 Å². The average Bonchev–Trinajstić information content (AvgIpc) is 2.48. The predicted molar refractivity (Wildman–Crippen MR) is 48.6 cm³/mol. The maximum Gasteiger partial charge on any atom is 0.290 e. The van der Waals surface area contributed by atoms with Gasteiger partial charge in [-0.05, 0) is 4.90 Å². The summed E-state index contributed by atoms with van der Waals surface area (Å²) in [5.74, 6) is 0. The largest absolute Gasteiger partial charge is 0.359 e. The lowest BCUT2D eigenvalue weighted by molar-refractivity contribution is -0.793. The first-order chi connectivity index (χ1) is 6.29. The van der Waals surface area contributed by atoms with E-state index in [1.807, 2.05) is 30.3 Å². The molecule has 0 unspecified atom stereocenters. The first kappa shape index (κ1) is 8.25. The summed E-state index contributed by atoms with van der Waals surface area (Å²) in [7, 11) is 0. The summed E-state index contributed by atoms with van der Waals surface area (Å²) >= 11 is 3.13. The fraction of sp³-hybridized carbons (Fsp3) is 0. The molecule has 1 aromatic heterocycles. The van der Waals surface area contributed by atoms with Crippen LogP contribution in [0.4, 0.5) is 0 Å². The number of halogens is 1. The molecule has 1 aromatic carbocycles. The van der Waals surface area contributed by atoms with Crippen molar-refractivity contribution in [2.45, 2.75) is 0 Å². The van der Waals surface area contributed by atoms with E-state index in [2.05, 4.69) is 25.7 Å². The molecule has 0 saturated carbocycles. The summed E-state index contributed by atoms with van der Waals surface area (Å²) in [4.78, 5) is 0.374.